The highest BCUT2D eigenvalue weighted by molar-refractivity contribution is 5.91. The van der Waals surface area contributed by atoms with Crippen LogP contribution in [0.1, 0.15) is 222 Å². The SMILES string of the molecule is CCCCCCCCCOC(=O)CC(=O)OCC(COC(=O)CCCN(CC)C(C)C)(COC(=O)CC(=O)OCCCCCCCCC)COC(=O)CC(CCCCC)CCCCC. The van der Waals surface area contributed by atoms with Crippen molar-refractivity contribution in [1.82, 2.24) is 4.90 Å². The van der Waals surface area contributed by atoms with Crippen LogP contribution in [-0.4, -0.2) is 99.5 Å². The van der Waals surface area contributed by atoms with Gasteiger partial charge >= 0.3 is 35.8 Å². The quantitative estimate of drug-likeness (QED) is 0.0246. The molecule has 0 aliphatic rings. The maximum Gasteiger partial charge on any atom is 0.317 e. The molecule has 0 unspecified atom stereocenters. The van der Waals surface area contributed by atoms with Gasteiger partial charge in [0.2, 0.25) is 0 Å². The van der Waals surface area contributed by atoms with E-state index in [1.807, 2.05) is 0 Å². The number of unbranched alkanes of at least 4 members (excludes halogenated alkanes) is 16. The van der Waals surface area contributed by atoms with Crippen molar-refractivity contribution in [1.29, 1.82) is 0 Å². The fourth-order valence-corrected chi connectivity index (χ4v) is 7.40. The topological polar surface area (TPSA) is 161 Å². The Kier molecular flexibility index (Phi) is 39.2. The lowest BCUT2D eigenvalue weighted by atomic mass is 9.91. The van der Waals surface area contributed by atoms with Crippen LogP contribution in [0.3, 0.4) is 0 Å². The summed E-state index contributed by atoms with van der Waals surface area (Å²) in [4.78, 5) is 80.3. The highest BCUT2D eigenvalue weighted by atomic mass is 16.6. The summed E-state index contributed by atoms with van der Waals surface area (Å²) in [6.45, 7) is 14.9. The number of ether oxygens (including phenoxy) is 6. The molecule has 0 saturated carbocycles. The summed E-state index contributed by atoms with van der Waals surface area (Å²) in [5.74, 6) is -4.13. The van der Waals surface area contributed by atoms with Crippen LogP contribution in [0.15, 0.2) is 0 Å². The predicted octanol–water partition coefficient (Wildman–Crippen LogP) is 11.2. The van der Waals surface area contributed by atoms with Crippen LogP contribution in [0.5, 0.6) is 0 Å². The van der Waals surface area contributed by atoms with E-state index in [0.29, 0.717) is 31.8 Å². The molecule has 0 saturated heterocycles. The van der Waals surface area contributed by atoms with E-state index >= 15 is 0 Å². The molecule has 0 bridgehead atoms. The minimum Gasteiger partial charge on any atom is -0.465 e. The number of carbonyl (C=O) groups excluding carboxylic acids is 6. The maximum absolute atomic E-state index is 13.5. The summed E-state index contributed by atoms with van der Waals surface area (Å²) < 4.78 is 33.4. The van der Waals surface area contributed by atoms with Crippen LogP contribution in [0, 0.1) is 11.3 Å². The van der Waals surface area contributed by atoms with Gasteiger partial charge in [0.1, 0.15) is 44.7 Å². The van der Waals surface area contributed by atoms with E-state index in [2.05, 4.69) is 53.4 Å². The Morgan fingerprint density at radius 2 is 0.781 bits per heavy atom. The van der Waals surface area contributed by atoms with Gasteiger partial charge in [0.15, 0.2) is 0 Å². The molecule has 0 amide bonds. The number of rotatable bonds is 44. The molecule has 0 atom stereocenters. The number of hydrogen-bond acceptors (Lipinski definition) is 13. The third-order valence-corrected chi connectivity index (χ3v) is 11.6. The largest absolute Gasteiger partial charge is 0.465 e. The van der Waals surface area contributed by atoms with Crippen molar-refractivity contribution in [2.75, 3.05) is 52.7 Å². The first-order valence-corrected chi connectivity index (χ1v) is 25.5. The van der Waals surface area contributed by atoms with Crippen molar-refractivity contribution < 1.29 is 57.2 Å². The summed E-state index contributed by atoms with van der Waals surface area (Å²) in [6.07, 6.45) is 22.3. The molecule has 0 aromatic heterocycles. The minimum absolute atomic E-state index is 0.102. The van der Waals surface area contributed by atoms with Crippen molar-refractivity contribution in [2.45, 2.75) is 228 Å². The average molecular weight is 912 g/mol. The van der Waals surface area contributed by atoms with E-state index < -0.39 is 80.5 Å². The lowest BCUT2D eigenvalue weighted by molar-refractivity contribution is -0.172. The Hall–Kier alpha value is -3.22. The summed E-state index contributed by atoms with van der Waals surface area (Å²) in [7, 11) is 0. The van der Waals surface area contributed by atoms with E-state index in [4.69, 9.17) is 28.4 Å². The summed E-state index contributed by atoms with van der Waals surface area (Å²) in [6, 6.07) is 0.306. The summed E-state index contributed by atoms with van der Waals surface area (Å²) >= 11 is 0. The summed E-state index contributed by atoms with van der Waals surface area (Å²) in [5, 5.41) is 0. The number of esters is 6. The molecule has 13 nitrogen and oxygen atoms in total. The van der Waals surface area contributed by atoms with Crippen molar-refractivity contribution >= 4 is 35.8 Å². The van der Waals surface area contributed by atoms with E-state index in [0.717, 1.165) is 96.4 Å². The normalized spacial score (nSPS) is 11.5. The third kappa shape index (κ3) is 35.1. The van der Waals surface area contributed by atoms with E-state index in [-0.39, 0.29) is 32.0 Å². The molecule has 0 aromatic carbocycles. The Labute approximate surface area is 388 Å². The van der Waals surface area contributed by atoms with Crippen molar-refractivity contribution in [3.05, 3.63) is 0 Å². The molecule has 64 heavy (non-hydrogen) atoms. The molecule has 0 radical (unpaired) electrons. The van der Waals surface area contributed by atoms with Gasteiger partial charge in [-0.05, 0) is 65.0 Å². The molecule has 0 spiro atoms. The molecule has 0 aromatic rings. The number of hydrogen-bond donors (Lipinski definition) is 0. The molecule has 0 N–H and O–H groups in total. The zero-order chi connectivity index (χ0) is 47.7. The van der Waals surface area contributed by atoms with E-state index in [1.54, 1.807) is 0 Å². The van der Waals surface area contributed by atoms with Crippen LogP contribution in [-0.2, 0) is 57.2 Å². The standard InChI is InChI=1S/C51H93NO12/c1-8-13-17-19-21-23-27-34-59-47(55)37-49(57)63-41-51(39-61-45(53)32-29-33-52(12-5)43(6)7,40-62-46(54)36-44(30-25-15-10-3)31-26-16-11-4)42-64-50(58)38-48(56)60-35-28-24-22-20-18-14-9-2/h43-44H,8-42H2,1-7H3. The molecular formula is C51H93NO12. The number of carbonyl (C=O) groups is 6. The second-order valence-corrected chi connectivity index (χ2v) is 18.1. The van der Waals surface area contributed by atoms with Gasteiger partial charge in [-0.2, -0.15) is 0 Å². The zero-order valence-electron chi connectivity index (χ0n) is 41.7. The van der Waals surface area contributed by atoms with Crippen LogP contribution < -0.4 is 0 Å². The van der Waals surface area contributed by atoms with Gasteiger partial charge in [0.05, 0.1) is 13.2 Å². The number of nitrogens with zero attached hydrogens (tertiary/aromatic N) is 1. The van der Waals surface area contributed by atoms with Crippen molar-refractivity contribution in [3.8, 4) is 0 Å². The Morgan fingerprint density at radius 1 is 0.422 bits per heavy atom. The molecule has 13 heteroatoms. The summed E-state index contributed by atoms with van der Waals surface area (Å²) in [5.41, 5.74) is -1.55. The first-order valence-electron chi connectivity index (χ1n) is 25.5. The zero-order valence-corrected chi connectivity index (χ0v) is 41.7. The van der Waals surface area contributed by atoms with Crippen LogP contribution >= 0.6 is 0 Å². The first kappa shape index (κ1) is 60.8. The smallest absolute Gasteiger partial charge is 0.317 e. The third-order valence-electron chi connectivity index (χ3n) is 11.6. The van der Waals surface area contributed by atoms with Gasteiger partial charge < -0.3 is 33.3 Å². The average Bonchev–Trinajstić information content (AvgIpc) is 3.26. The Balaban J connectivity index is 6.06. The molecular weight excluding hydrogens is 819 g/mol. The van der Waals surface area contributed by atoms with Gasteiger partial charge in [0.25, 0.3) is 0 Å². The second-order valence-electron chi connectivity index (χ2n) is 18.1. The van der Waals surface area contributed by atoms with Gasteiger partial charge in [-0.3, -0.25) is 28.8 Å². The predicted molar refractivity (Wildman–Crippen MR) is 251 cm³/mol. The first-order chi connectivity index (χ1) is 30.8. The van der Waals surface area contributed by atoms with Crippen LogP contribution in [0.25, 0.3) is 0 Å². The molecule has 0 aliphatic heterocycles. The Morgan fingerprint density at radius 3 is 1.19 bits per heavy atom. The monoisotopic (exact) mass is 912 g/mol. The minimum atomic E-state index is -1.55. The molecule has 0 aliphatic carbocycles. The highest BCUT2D eigenvalue weighted by Crippen LogP contribution is 2.25. The lowest BCUT2D eigenvalue weighted by Crippen LogP contribution is -2.44. The molecule has 374 valence electrons. The van der Waals surface area contributed by atoms with Crippen LogP contribution in [0.4, 0.5) is 0 Å². The molecule has 0 fully saturated rings. The van der Waals surface area contributed by atoms with Crippen molar-refractivity contribution in [3.63, 3.8) is 0 Å². The lowest BCUT2D eigenvalue weighted by Gasteiger charge is -2.32. The van der Waals surface area contributed by atoms with Gasteiger partial charge in [-0.15, -0.1) is 0 Å². The Bertz CT molecular complexity index is 1160. The van der Waals surface area contributed by atoms with Crippen LogP contribution in [0.2, 0.25) is 0 Å². The fourth-order valence-electron chi connectivity index (χ4n) is 7.40. The van der Waals surface area contributed by atoms with Gasteiger partial charge in [0, 0.05) is 18.9 Å². The van der Waals surface area contributed by atoms with Gasteiger partial charge in [-0.25, -0.2) is 0 Å². The van der Waals surface area contributed by atoms with Crippen molar-refractivity contribution in [2.24, 2.45) is 11.3 Å². The molecule has 0 rings (SSSR count). The maximum atomic E-state index is 13.5. The van der Waals surface area contributed by atoms with Gasteiger partial charge in [-0.1, -0.05) is 150 Å². The highest BCUT2D eigenvalue weighted by Gasteiger charge is 2.38. The van der Waals surface area contributed by atoms with E-state index in [1.165, 1.54) is 38.5 Å². The second kappa shape index (κ2) is 41.2. The fraction of sp³-hybridized carbons (Fsp3) is 0.882. The molecule has 0 heterocycles. The van der Waals surface area contributed by atoms with E-state index in [9.17, 15) is 28.8 Å².